The van der Waals surface area contributed by atoms with E-state index in [0.717, 1.165) is 25.0 Å². The number of hydrogen-bond acceptors (Lipinski definition) is 3. The Morgan fingerprint density at radius 3 is 2.65 bits per heavy atom. The fourth-order valence-electron chi connectivity index (χ4n) is 4.09. The molecule has 3 heteroatoms. The molecule has 0 aromatic rings. The van der Waals surface area contributed by atoms with Crippen LogP contribution in [0.4, 0.5) is 0 Å². The minimum atomic E-state index is 0.479. The van der Waals surface area contributed by atoms with Crippen LogP contribution in [0.5, 0.6) is 0 Å². The number of rotatable bonds is 6. The maximum absolute atomic E-state index is 5.88. The third-order valence-corrected chi connectivity index (χ3v) is 5.37. The van der Waals surface area contributed by atoms with Gasteiger partial charge in [-0.25, -0.2) is 0 Å². The predicted octanol–water partition coefficient (Wildman–Crippen LogP) is 2.90. The van der Waals surface area contributed by atoms with E-state index in [1.807, 2.05) is 0 Å². The van der Waals surface area contributed by atoms with Crippen LogP contribution in [-0.4, -0.2) is 50.8 Å². The van der Waals surface area contributed by atoms with Crippen molar-refractivity contribution in [1.82, 2.24) is 10.2 Å². The molecule has 0 spiro atoms. The molecular formula is C17H34N2O. The molecule has 1 N–H and O–H groups in total. The summed E-state index contributed by atoms with van der Waals surface area (Å²) >= 11 is 0. The number of likely N-dealkylation sites (N-methyl/N-ethyl adjacent to an activating group) is 1. The SMILES string of the molecule is CCC1CCC(NC)C(CN(C)CC2CCCCO2)C1. The second-order valence-corrected chi connectivity index (χ2v) is 6.95. The second kappa shape index (κ2) is 8.35. The van der Waals surface area contributed by atoms with Crippen molar-refractivity contribution in [2.45, 2.75) is 64.0 Å². The Labute approximate surface area is 125 Å². The average molecular weight is 282 g/mol. The zero-order valence-corrected chi connectivity index (χ0v) is 13.7. The standard InChI is InChI=1S/C17H34N2O/c1-4-14-8-9-17(18-2)15(11-14)12-19(3)13-16-7-5-6-10-20-16/h14-18H,4-13H2,1-3H3. The summed E-state index contributed by atoms with van der Waals surface area (Å²) in [6, 6.07) is 0.715. The Morgan fingerprint density at radius 1 is 1.15 bits per heavy atom. The van der Waals surface area contributed by atoms with E-state index in [9.17, 15) is 0 Å². The zero-order valence-electron chi connectivity index (χ0n) is 13.7. The molecule has 1 heterocycles. The first kappa shape index (κ1) is 16.3. The van der Waals surface area contributed by atoms with Crippen LogP contribution in [-0.2, 0) is 4.74 Å². The minimum Gasteiger partial charge on any atom is -0.377 e. The Hall–Kier alpha value is -0.120. The maximum atomic E-state index is 5.88. The van der Waals surface area contributed by atoms with Gasteiger partial charge in [0.15, 0.2) is 0 Å². The van der Waals surface area contributed by atoms with Crippen LogP contribution < -0.4 is 5.32 Å². The first-order valence-electron chi connectivity index (χ1n) is 8.70. The Morgan fingerprint density at radius 2 is 2.00 bits per heavy atom. The second-order valence-electron chi connectivity index (χ2n) is 6.95. The maximum Gasteiger partial charge on any atom is 0.0701 e. The van der Waals surface area contributed by atoms with Crippen LogP contribution >= 0.6 is 0 Å². The molecule has 4 unspecified atom stereocenters. The molecule has 118 valence electrons. The van der Waals surface area contributed by atoms with Crippen molar-refractivity contribution in [3.05, 3.63) is 0 Å². The molecule has 0 aromatic carbocycles. The van der Waals surface area contributed by atoms with E-state index < -0.39 is 0 Å². The van der Waals surface area contributed by atoms with Gasteiger partial charge in [0.2, 0.25) is 0 Å². The van der Waals surface area contributed by atoms with Gasteiger partial charge in [-0.3, -0.25) is 0 Å². The fourth-order valence-corrected chi connectivity index (χ4v) is 4.09. The molecule has 0 aromatic heterocycles. The third kappa shape index (κ3) is 4.71. The van der Waals surface area contributed by atoms with E-state index in [-0.39, 0.29) is 0 Å². The lowest BCUT2D eigenvalue weighted by atomic mass is 9.76. The monoisotopic (exact) mass is 282 g/mol. The molecule has 3 nitrogen and oxygen atoms in total. The molecule has 4 atom stereocenters. The van der Waals surface area contributed by atoms with E-state index >= 15 is 0 Å². The van der Waals surface area contributed by atoms with Crippen LogP contribution in [0.2, 0.25) is 0 Å². The molecule has 2 fully saturated rings. The van der Waals surface area contributed by atoms with Gasteiger partial charge in [-0.1, -0.05) is 13.3 Å². The van der Waals surface area contributed by atoms with Crippen molar-refractivity contribution in [3.63, 3.8) is 0 Å². The van der Waals surface area contributed by atoms with E-state index in [4.69, 9.17) is 4.74 Å². The van der Waals surface area contributed by atoms with E-state index in [2.05, 4.69) is 31.2 Å². The van der Waals surface area contributed by atoms with Crippen molar-refractivity contribution in [2.24, 2.45) is 11.8 Å². The van der Waals surface area contributed by atoms with Gasteiger partial charge in [-0.15, -0.1) is 0 Å². The summed E-state index contributed by atoms with van der Waals surface area (Å²) in [5, 5.41) is 3.55. The Bertz CT molecular complexity index is 266. The van der Waals surface area contributed by atoms with Gasteiger partial charge in [0, 0.05) is 25.7 Å². The number of ether oxygens (including phenoxy) is 1. The summed E-state index contributed by atoms with van der Waals surface area (Å²) in [6.07, 6.45) is 9.85. The van der Waals surface area contributed by atoms with E-state index in [1.54, 1.807) is 0 Å². The number of nitrogens with one attached hydrogen (secondary N) is 1. The summed E-state index contributed by atoms with van der Waals surface area (Å²) in [5.74, 6) is 1.76. The van der Waals surface area contributed by atoms with E-state index in [1.165, 1.54) is 51.5 Å². The van der Waals surface area contributed by atoms with Crippen molar-refractivity contribution in [2.75, 3.05) is 33.8 Å². The lowest BCUT2D eigenvalue weighted by Gasteiger charge is -2.38. The molecule has 2 aliphatic rings. The van der Waals surface area contributed by atoms with Gasteiger partial charge >= 0.3 is 0 Å². The topological polar surface area (TPSA) is 24.5 Å². The van der Waals surface area contributed by atoms with Crippen molar-refractivity contribution in [1.29, 1.82) is 0 Å². The van der Waals surface area contributed by atoms with Crippen molar-refractivity contribution in [3.8, 4) is 0 Å². The number of nitrogens with zero attached hydrogens (tertiary/aromatic N) is 1. The molecule has 20 heavy (non-hydrogen) atoms. The smallest absolute Gasteiger partial charge is 0.0701 e. The first-order chi connectivity index (χ1) is 9.72. The Balaban J connectivity index is 1.79. The molecule has 0 amide bonds. The summed E-state index contributed by atoms with van der Waals surface area (Å²) in [6.45, 7) is 5.66. The van der Waals surface area contributed by atoms with Gasteiger partial charge in [0.1, 0.15) is 0 Å². The quantitative estimate of drug-likeness (QED) is 0.811. The largest absolute Gasteiger partial charge is 0.377 e. The zero-order chi connectivity index (χ0) is 14.4. The summed E-state index contributed by atoms with van der Waals surface area (Å²) in [5.41, 5.74) is 0. The molecule has 0 bridgehead atoms. The number of hydrogen-bond donors (Lipinski definition) is 1. The predicted molar refractivity (Wildman–Crippen MR) is 85.1 cm³/mol. The third-order valence-electron chi connectivity index (χ3n) is 5.37. The van der Waals surface area contributed by atoms with Gasteiger partial charge in [-0.05, 0) is 64.5 Å². The highest BCUT2D eigenvalue weighted by Gasteiger charge is 2.30. The first-order valence-corrected chi connectivity index (χ1v) is 8.70. The van der Waals surface area contributed by atoms with Crippen LogP contribution in [0.25, 0.3) is 0 Å². The molecular weight excluding hydrogens is 248 g/mol. The van der Waals surface area contributed by atoms with Crippen molar-refractivity contribution >= 4 is 0 Å². The lowest BCUT2D eigenvalue weighted by molar-refractivity contribution is -0.00584. The highest BCUT2D eigenvalue weighted by molar-refractivity contribution is 4.85. The van der Waals surface area contributed by atoms with Crippen LogP contribution in [0, 0.1) is 11.8 Å². The lowest BCUT2D eigenvalue weighted by Crippen LogP contribution is -2.45. The molecule has 1 saturated carbocycles. The summed E-state index contributed by atoms with van der Waals surface area (Å²) in [7, 11) is 4.41. The van der Waals surface area contributed by atoms with Gasteiger partial charge in [0.05, 0.1) is 6.10 Å². The average Bonchev–Trinajstić information content (AvgIpc) is 2.48. The van der Waals surface area contributed by atoms with Crippen molar-refractivity contribution < 1.29 is 4.74 Å². The highest BCUT2D eigenvalue weighted by Crippen LogP contribution is 2.31. The highest BCUT2D eigenvalue weighted by atomic mass is 16.5. The Kier molecular flexibility index (Phi) is 6.79. The molecule has 1 aliphatic carbocycles. The van der Waals surface area contributed by atoms with E-state index in [0.29, 0.717) is 12.1 Å². The molecule has 1 aliphatic heterocycles. The molecule has 2 rings (SSSR count). The summed E-state index contributed by atoms with van der Waals surface area (Å²) < 4.78 is 5.88. The fraction of sp³-hybridized carbons (Fsp3) is 1.00. The molecule has 1 saturated heterocycles. The minimum absolute atomic E-state index is 0.479. The summed E-state index contributed by atoms with van der Waals surface area (Å²) in [4.78, 5) is 2.52. The van der Waals surface area contributed by atoms with Crippen LogP contribution in [0.15, 0.2) is 0 Å². The van der Waals surface area contributed by atoms with Crippen LogP contribution in [0.1, 0.15) is 51.9 Å². The van der Waals surface area contributed by atoms with Crippen LogP contribution in [0.3, 0.4) is 0 Å². The van der Waals surface area contributed by atoms with Gasteiger partial charge in [-0.2, -0.15) is 0 Å². The molecule has 0 radical (unpaired) electrons. The normalized spacial score (nSPS) is 35.4. The van der Waals surface area contributed by atoms with Gasteiger partial charge < -0.3 is 15.0 Å². The van der Waals surface area contributed by atoms with Gasteiger partial charge in [0.25, 0.3) is 0 Å².